The summed E-state index contributed by atoms with van der Waals surface area (Å²) in [6, 6.07) is 7.93. The fraction of sp³-hybridized carbons (Fsp3) is 0.182. The van der Waals surface area contributed by atoms with Gasteiger partial charge in [-0.2, -0.15) is 0 Å². The number of benzene rings is 1. The van der Waals surface area contributed by atoms with Gasteiger partial charge in [-0.3, -0.25) is 0 Å². The Hall–Kier alpha value is -1.07. The predicted octanol–water partition coefficient (Wildman–Crippen LogP) is 3.43. The van der Waals surface area contributed by atoms with Crippen LogP contribution in [0.25, 0.3) is 10.1 Å². The Bertz CT molecular complexity index is 536. The monoisotopic (exact) mass is 299 g/mol. The van der Waals surface area contributed by atoms with Gasteiger partial charge in [-0.15, -0.1) is 11.3 Å². The second-order valence-corrected chi connectivity index (χ2v) is 4.91. The van der Waals surface area contributed by atoms with E-state index in [2.05, 4.69) is 20.1 Å². The molecule has 0 saturated heterocycles. The molecule has 0 aliphatic heterocycles. The molecule has 1 heterocycles. The van der Waals surface area contributed by atoms with Gasteiger partial charge in [0.1, 0.15) is 4.88 Å². The molecule has 0 saturated carbocycles. The SMILES string of the molecule is CN(C)c1c(C(=O)OBr)sc2ccccc12. The van der Waals surface area contributed by atoms with Gasteiger partial charge in [0, 0.05) is 24.2 Å². The topological polar surface area (TPSA) is 29.5 Å². The lowest BCUT2D eigenvalue weighted by Gasteiger charge is -2.12. The van der Waals surface area contributed by atoms with Crippen LogP contribution < -0.4 is 4.90 Å². The van der Waals surface area contributed by atoms with E-state index in [1.165, 1.54) is 11.3 Å². The molecular formula is C11H10BrNO2S. The van der Waals surface area contributed by atoms with Crippen molar-refractivity contribution in [3.05, 3.63) is 29.1 Å². The normalized spacial score (nSPS) is 10.4. The first-order valence-electron chi connectivity index (χ1n) is 4.67. The zero-order valence-electron chi connectivity index (χ0n) is 8.86. The largest absolute Gasteiger partial charge is 0.379 e. The molecule has 0 atom stereocenters. The number of rotatable bonds is 2. The summed E-state index contributed by atoms with van der Waals surface area (Å²) in [7, 11) is 3.83. The molecule has 0 fully saturated rings. The van der Waals surface area contributed by atoms with E-state index in [1.807, 2.05) is 43.3 Å². The second-order valence-electron chi connectivity index (χ2n) is 3.53. The first-order valence-corrected chi connectivity index (χ1v) is 6.13. The van der Waals surface area contributed by atoms with E-state index >= 15 is 0 Å². The minimum absolute atomic E-state index is 0.357. The minimum Gasteiger partial charge on any atom is -0.379 e. The van der Waals surface area contributed by atoms with Gasteiger partial charge < -0.3 is 8.73 Å². The van der Waals surface area contributed by atoms with Crippen molar-refractivity contribution in [3.63, 3.8) is 0 Å². The van der Waals surface area contributed by atoms with Gasteiger partial charge >= 0.3 is 5.97 Å². The van der Waals surface area contributed by atoms with Crippen molar-refractivity contribution in [2.24, 2.45) is 0 Å². The van der Waals surface area contributed by atoms with Crippen molar-refractivity contribution in [1.82, 2.24) is 0 Å². The molecule has 16 heavy (non-hydrogen) atoms. The lowest BCUT2D eigenvalue weighted by Crippen LogP contribution is -2.12. The quantitative estimate of drug-likeness (QED) is 0.851. The van der Waals surface area contributed by atoms with Crippen LogP contribution in [-0.2, 0) is 3.83 Å². The Balaban J connectivity index is 2.73. The van der Waals surface area contributed by atoms with Crippen molar-refractivity contribution in [1.29, 1.82) is 0 Å². The van der Waals surface area contributed by atoms with Gasteiger partial charge in [0.15, 0.2) is 16.3 Å². The average Bonchev–Trinajstić information content (AvgIpc) is 2.67. The fourth-order valence-corrected chi connectivity index (χ4v) is 3.07. The van der Waals surface area contributed by atoms with Crippen LogP contribution in [0.1, 0.15) is 9.67 Å². The van der Waals surface area contributed by atoms with Gasteiger partial charge in [0.25, 0.3) is 0 Å². The smallest absolute Gasteiger partial charge is 0.361 e. The average molecular weight is 300 g/mol. The highest BCUT2D eigenvalue weighted by Crippen LogP contribution is 2.37. The Morgan fingerprint density at radius 1 is 1.38 bits per heavy atom. The maximum Gasteiger partial charge on any atom is 0.361 e. The first kappa shape index (κ1) is 11.4. The van der Waals surface area contributed by atoms with Crippen molar-refractivity contribution in [2.45, 2.75) is 0 Å². The van der Waals surface area contributed by atoms with Gasteiger partial charge in [-0.05, 0) is 6.07 Å². The van der Waals surface area contributed by atoms with Crippen LogP contribution in [0.2, 0.25) is 0 Å². The lowest BCUT2D eigenvalue weighted by molar-refractivity contribution is 0.0787. The molecule has 2 rings (SSSR count). The third-order valence-electron chi connectivity index (χ3n) is 2.27. The van der Waals surface area contributed by atoms with Crippen LogP contribution in [0.15, 0.2) is 24.3 Å². The number of hydrogen-bond donors (Lipinski definition) is 0. The summed E-state index contributed by atoms with van der Waals surface area (Å²) in [6.07, 6.45) is 0. The predicted molar refractivity (Wildman–Crippen MR) is 70.5 cm³/mol. The number of halogens is 1. The molecule has 0 bridgehead atoms. The highest BCUT2D eigenvalue weighted by atomic mass is 79.9. The Morgan fingerprint density at radius 3 is 2.69 bits per heavy atom. The maximum absolute atomic E-state index is 11.6. The van der Waals surface area contributed by atoms with Crippen LogP contribution in [0, 0.1) is 0 Å². The van der Waals surface area contributed by atoms with Crippen molar-refractivity contribution >= 4 is 49.3 Å². The summed E-state index contributed by atoms with van der Waals surface area (Å²) >= 11 is 4.17. The van der Waals surface area contributed by atoms with E-state index in [0.29, 0.717) is 4.88 Å². The molecule has 1 aromatic carbocycles. The Kier molecular flexibility index (Phi) is 3.16. The molecule has 1 aromatic heterocycles. The number of carbonyl (C=O) groups is 1. The number of anilines is 1. The van der Waals surface area contributed by atoms with Gasteiger partial charge in [0.05, 0.1) is 5.69 Å². The van der Waals surface area contributed by atoms with E-state index in [4.69, 9.17) is 0 Å². The van der Waals surface area contributed by atoms with Crippen LogP contribution in [0.3, 0.4) is 0 Å². The molecule has 2 aromatic rings. The minimum atomic E-state index is -0.357. The second kappa shape index (κ2) is 4.43. The third-order valence-corrected chi connectivity index (χ3v) is 3.71. The molecule has 84 valence electrons. The Morgan fingerprint density at radius 2 is 2.06 bits per heavy atom. The molecule has 0 aliphatic carbocycles. The van der Waals surface area contributed by atoms with Crippen LogP contribution in [0.4, 0.5) is 5.69 Å². The maximum atomic E-state index is 11.6. The number of thiophene rings is 1. The van der Waals surface area contributed by atoms with Gasteiger partial charge in [-0.25, -0.2) is 4.79 Å². The molecule has 5 heteroatoms. The number of hydrogen-bond acceptors (Lipinski definition) is 4. The molecular weight excluding hydrogens is 290 g/mol. The summed E-state index contributed by atoms with van der Waals surface area (Å²) in [4.78, 5) is 14.2. The highest BCUT2D eigenvalue weighted by molar-refractivity contribution is 9.06. The van der Waals surface area contributed by atoms with Crippen LogP contribution >= 0.6 is 27.6 Å². The zero-order chi connectivity index (χ0) is 11.7. The number of nitrogens with zero attached hydrogens (tertiary/aromatic N) is 1. The standard InChI is InChI=1S/C11H10BrNO2S/c1-13(2)9-7-5-3-4-6-8(7)16-10(9)11(14)15-12/h3-6H,1-2H3. The summed E-state index contributed by atoms with van der Waals surface area (Å²) in [5, 5.41) is 1.07. The molecule has 0 amide bonds. The zero-order valence-corrected chi connectivity index (χ0v) is 11.3. The number of carbonyl (C=O) groups excluding carboxylic acids is 1. The lowest BCUT2D eigenvalue weighted by atomic mass is 10.2. The molecule has 0 spiro atoms. The molecule has 0 radical (unpaired) electrons. The van der Waals surface area contributed by atoms with Crippen molar-refractivity contribution in [2.75, 3.05) is 19.0 Å². The fourth-order valence-electron chi connectivity index (χ4n) is 1.65. The molecule has 0 aliphatic rings. The van der Waals surface area contributed by atoms with Gasteiger partial charge in [-0.1, -0.05) is 18.2 Å². The molecule has 3 nitrogen and oxygen atoms in total. The van der Waals surface area contributed by atoms with E-state index in [1.54, 1.807) is 0 Å². The summed E-state index contributed by atoms with van der Waals surface area (Å²) in [5.74, 6) is -0.357. The molecule has 0 N–H and O–H groups in total. The summed E-state index contributed by atoms with van der Waals surface area (Å²) in [6.45, 7) is 0. The van der Waals surface area contributed by atoms with Crippen LogP contribution in [-0.4, -0.2) is 20.1 Å². The van der Waals surface area contributed by atoms with E-state index < -0.39 is 0 Å². The van der Waals surface area contributed by atoms with Gasteiger partial charge in [0.2, 0.25) is 0 Å². The first-order chi connectivity index (χ1) is 7.65. The van der Waals surface area contributed by atoms with Crippen molar-refractivity contribution < 1.29 is 8.62 Å². The number of fused-ring (bicyclic) bond motifs is 1. The summed E-state index contributed by atoms with van der Waals surface area (Å²) in [5.41, 5.74) is 0.907. The van der Waals surface area contributed by atoms with Crippen LogP contribution in [0.5, 0.6) is 0 Å². The van der Waals surface area contributed by atoms with E-state index in [0.717, 1.165) is 15.8 Å². The third kappa shape index (κ3) is 1.81. The van der Waals surface area contributed by atoms with Crippen molar-refractivity contribution in [3.8, 4) is 0 Å². The summed E-state index contributed by atoms with van der Waals surface area (Å²) < 4.78 is 5.70. The van der Waals surface area contributed by atoms with E-state index in [9.17, 15) is 4.79 Å². The molecule has 0 unspecified atom stereocenters. The highest BCUT2D eigenvalue weighted by Gasteiger charge is 2.20. The Labute approximate surface area is 106 Å². The van der Waals surface area contributed by atoms with E-state index in [-0.39, 0.29) is 5.97 Å².